The van der Waals surface area contributed by atoms with Crippen LogP contribution in [-0.4, -0.2) is 6.61 Å². The van der Waals surface area contributed by atoms with Crippen LogP contribution >= 0.6 is 27.3 Å². The molecule has 12 heavy (non-hydrogen) atoms. The topological polar surface area (TPSA) is 9.23 Å². The molecule has 0 spiro atoms. The maximum Gasteiger partial charge on any atom is 0.0809 e. The number of ether oxygens (including phenoxy) is 1. The lowest BCUT2D eigenvalue weighted by atomic mass is 10.4. The molecule has 0 atom stereocenters. The second-order valence-corrected chi connectivity index (χ2v) is 4.27. The fourth-order valence-corrected chi connectivity index (χ4v) is 2.16. The summed E-state index contributed by atoms with van der Waals surface area (Å²) in [5.74, 6) is 0. The van der Waals surface area contributed by atoms with Crippen LogP contribution in [0.1, 0.15) is 11.3 Å². The Morgan fingerprint density at radius 2 is 2.50 bits per heavy atom. The van der Waals surface area contributed by atoms with Gasteiger partial charge in [-0.25, -0.2) is 0 Å². The molecule has 0 amide bonds. The van der Waals surface area contributed by atoms with Gasteiger partial charge in [-0.3, -0.25) is 0 Å². The van der Waals surface area contributed by atoms with Crippen LogP contribution < -0.4 is 0 Å². The molecule has 3 heteroatoms. The summed E-state index contributed by atoms with van der Waals surface area (Å²) in [6, 6.07) is 2.08. The Morgan fingerprint density at radius 3 is 3.08 bits per heavy atom. The molecule has 0 bridgehead atoms. The molecule has 1 rings (SSSR count). The van der Waals surface area contributed by atoms with Gasteiger partial charge in [-0.05, 0) is 28.4 Å². The first-order chi connectivity index (χ1) is 5.83. The SMILES string of the molecule is C=CCCOCc1cc(Br)cs1. The third-order valence-corrected chi connectivity index (χ3v) is 3.00. The second kappa shape index (κ2) is 5.51. The van der Waals surface area contributed by atoms with Gasteiger partial charge in [-0.15, -0.1) is 17.9 Å². The lowest BCUT2D eigenvalue weighted by Crippen LogP contribution is -1.91. The average Bonchev–Trinajstić information content (AvgIpc) is 2.45. The molecule has 0 radical (unpaired) electrons. The predicted molar refractivity (Wildman–Crippen MR) is 56.5 cm³/mol. The third kappa shape index (κ3) is 3.52. The number of rotatable bonds is 5. The van der Waals surface area contributed by atoms with E-state index in [0.717, 1.165) is 17.5 Å². The van der Waals surface area contributed by atoms with Crippen LogP contribution in [0.2, 0.25) is 0 Å². The molecule has 0 aliphatic rings. The van der Waals surface area contributed by atoms with Crippen LogP contribution in [0, 0.1) is 0 Å². The Labute approximate surface area is 85.2 Å². The summed E-state index contributed by atoms with van der Waals surface area (Å²) in [5.41, 5.74) is 0. The molecule has 1 aromatic rings. The molecule has 66 valence electrons. The highest BCUT2D eigenvalue weighted by Gasteiger charge is 1.96. The van der Waals surface area contributed by atoms with Gasteiger partial charge in [0, 0.05) is 14.7 Å². The van der Waals surface area contributed by atoms with Gasteiger partial charge in [0.25, 0.3) is 0 Å². The maximum absolute atomic E-state index is 5.39. The normalized spacial score (nSPS) is 10.1. The Morgan fingerprint density at radius 1 is 1.67 bits per heavy atom. The molecule has 0 N–H and O–H groups in total. The van der Waals surface area contributed by atoms with Crippen LogP contribution in [-0.2, 0) is 11.3 Å². The van der Waals surface area contributed by atoms with Gasteiger partial charge >= 0.3 is 0 Å². The van der Waals surface area contributed by atoms with Crippen molar-refractivity contribution >= 4 is 27.3 Å². The zero-order valence-corrected chi connectivity index (χ0v) is 9.16. The molecule has 1 aromatic heterocycles. The smallest absolute Gasteiger partial charge is 0.0809 e. The summed E-state index contributed by atoms with van der Waals surface area (Å²) in [6.45, 7) is 5.10. The first kappa shape index (κ1) is 9.96. The minimum Gasteiger partial charge on any atom is -0.376 e. The van der Waals surface area contributed by atoms with Crippen molar-refractivity contribution in [3.05, 3.63) is 33.5 Å². The van der Waals surface area contributed by atoms with Crippen molar-refractivity contribution < 1.29 is 4.74 Å². The van der Waals surface area contributed by atoms with Gasteiger partial charge < -0.3 is 4.74 Å². The fraction of sp³-hybridized carbons (Fsp3) is 0.333. The highest BCUT2D eigenvalue weighted by Crippen LogP contribution is 2.20. The monoisotopic (exact) mass is 246 g/mol. The zero-order valence-electron chi connectivity index (χ0n) is 6.75. The molecule has 1 heterocycles. The van der Waals surface area contributed by atoms with Crippen molar-refractivity contribution in [2.75, 3.05) is 6.61 Å². The molecule has 0 saturated carbocycles. The van der Waals surface area contributed by atoms with Gasteiger partial charge in [-0.1, -0.05) is 6.08 Å². The van der Waals surface area contributed by atoms with Crippen molar-refractivity contribution in [1.82, 2.24) is 0 Å². The lowest BCUT2D eigenvalue weighted by molar-refractivity contribution is 0.127. The number of halogens is 1. The first-order valence-electron chi connectivity index (χ1n) is 3.74. The van der Waals surface area contributed by atoms with Crippen molar-refractivity contribution in [3.8, 4) is 0 Å². The molecule has 1 nitrogen and oxygen atoms in total. The van der Waals surface area contributed by atoms with Crippen LogP contribution in [0.5, 0.6) is 0 Å². The molecule has 0 aliphatic heterocycles. The van der Waals surface area contributed by atoms with Crippen LogP contribution in [0.15, 0.2) is 28.6 Å². The zero-order chi connectivity index (χ0) is 8.81. The standard InChI is InChI=1S/C9H11BrOS/c1-2-3-4-11-6-9-5-8(10)7-12-9/h2,5,7H,1,3-4,6H2. The number of hydrogen-bond donors (Lipinski definition) is 0. The van der Waals surface area contributed by atoms with E-state index in [-0.39, 0.29) is 0 Å². The Hall–Kier alpha value is -0.120. The summed E-state index contributed by atoms with van der Waals surface area (Å²) in [7, 11) is 0. The van der Waals surface area contributed by atoms with Crippen LogP contribution in [0.25, 0.3) is 0 Å². The Balaban J connectivity index is 2.19. The first-order valence-corrected chi connectivity index (χ1v) is 5.41. The minimum atomic E-state index is 0.712. The number of thiophene rings is 1. The van der Waals surface area contributed by atoms with Gasteiger partial charge in [0.2, 0.25) is 0 Å². The van der Waals surface area contributed by atoms with E-state index in [1.54, 1.807) is 11.3 Å². The lowest BCUT2D eigenvalue weighted by Gasteiger charge is -1.98. The maximum atomic E-state index is 5.39. The molecule has 0 aliphatic carbocycles. The quantitative estimate of drug-likeness (QED) is 0.570. The molecular weight excluding hydrogens is 236 g/mol. The summed E-state index contributed by atoms with van der Waals surface area (Å²) >= 11 is 5.10. The van der Waals surface area contributed by atoms with Crippen molar-refractivity contribution in [3.63, 3.8) is 0 Å². The van der Waals surface area contributed by atoms with Gasteiger partial charge in [-0.2, -0.15) is 0 Å². The largest absolute Gasteiger partial charge is 0.376 e. The van der Waals surface area contributed by atoms with E-state index >= 15 is 0 Å². The Bertz CT molecular complexity index is 244. The van der Waals surface area contributed by atoms with Crippen molar-refractivity contribution in [2.24, 2.45) is 0 Å². The van der Waals surface area contributed by atoms with E-state index in [9.17, 15) is 0 Å². The summed E-state index contributed by atoms with van der Waals surface area (Å²) in [5, 5.41) is 2.06. The highest BCUT2D eigenvalue weighted by molar-refractivity contribution is 9.10. The van der Waals surface area contributed by atoms with Crippen molar-refractivity contribution in [2.45, 2.75) is 13.0 Å². The molecule has 0 aromatic carbocycles. The minimum absolute atomic E-state index is 0.712. The van der Waals surface area contributed by atoms with Gasteiger partial charge in [0.1, 0.15) is 0 Å². The van der Waals surface area contributed by atoms with E-state index in [4.69, 9.17) is 4.74 Å². The van der Waals surface area contributed by atoms with E-state index in [1.807, 2.05) is 6.08 Å². The second-order valence-electron chi connectivity index (χ2n) is 2.36. The van der Waals surface area contributed by atoms with Crippen LogP contribution in [0.3, 0.4) is 0 Å². The summed E-state index contributed by atoms with van der Waals surface area (Å²) in [6.07, 6.45) is 2.79. The van der Waals surface area contributed by atoms with Gasteiger partial charge in [0.05, 0.1) is 13.2 Å². The molecule has 0 fully saturated rings. The average molecular weight is 247 g/mol. The fourth-order valence-electron chi connectivity index (χ4n) is 0.769. The summed E-state index contributed by atoms with van der Waals surface area (Å²) in [4.78, 5) is 1.26. The van der Waals surface area contributed by atoms with E-state index in [2.05, 4.69) is 34.0 Å². The molecule has 0 saturated heterocycles. The number of hydrogen-bond acceptors (Lipinski definition) is 2. The van der Waals surface area contributed by atoms with Crippen molar-refractivity contribution in [1.29, 1.82) is 0 Å². The highest BCUT2D eigenvalue weighted by atomic mass is 79.9. The van der Waals surface area contributed by atoms with E-state index in [0.29, 0.717) is 6.61 Å². The van der Waals surface area contributed by atoms with E-state index in [1.165, 1.54) is 4.88 Å². The molecule has 0 unspecified atom stereocenters. The third-order valence-electron chi connectivity index (χ3n) is 1.33. The van der Waals surface area contributed by atoms with E-state index < -0.39 is 0 Å². The van der Waals surface area contributed by atoms with Gasteiger partial charge in [0.15, 0.2) is 0 Å². The Kier molecular flexibility index (Phi) is 4.58. The summed E-state index contributed by atoms with van der Waals surface area (Å²) < 4.78 is 6.53. The predicted octanol–water partition coefficient (Wildman–Crippen LogP) is 3.60. The molecular formula is C9H11BrOS. The van der Waals surface area contributed by atoms with Crippen LogP contribution in [0.4, 0.5) is 0 Å².